The second-order valence-corrected chi connectivity index (χ2v) is 8.53. The van der Waals surface area contributed by atoms with Crippen molar-refractivity contribution in [1.82, 2.24) is 4.90 Å². The zero-order chi connectivity index (χ0) is 21.8. The number of likely N-dealkylation sites (tertiary alicyclic amines) is 1. The van der Waals surface area contributed by atoms with Gasteiger partial charge in [0.05, 0.1) is 19.1 Å². The highest BCUT2D eigenvalue weighted by atomic mass is 16.5. The number of unbranched alkanes of at least 4 members (excludes halogenated alkanes) is 1. The molecular formula is C26H32N2O3. The molecule has 2 aliphatic heterocycles. The molecule has 2 aliphatic rings. The number of amides is 2. The molecule has 0 aromatic heterocycles. The fourth-order valence-corrected chi connectivity index (χ4v) is 4.98. The van der Waals surface area contributed by atoms with Crippen molar-refractivity contribution in [2.45, 2.75) is 51.5 Å². The monoisotopic (exact) mass is 420 g/mol. The summed E-state index contributed by atoms with van der Waals surface area (Å²) in [5.41, 5.74) is 3.27. The summed E-state index contributed by atoms with van der Waals surface area (Å²) < 4.78 is 5.32. The van der Waals surface area contributed by atoms with Gasteiger partial charge in [0.1, 0.15) is 5.75 Å². The lowest BCUT2D eigenvalue weighted by Crippen LogP contribution is -2.50. The van der Waals surface area contributed by atoms with Crippen LogP contribution in [0.25, 0.3) is 0 Å². The Morgan fingerprint density at radius 1 is 1.10 bits per heavy atom. The van der Waals surface area contributed by atoms with Crippen LogP contribution in [0.5, 0.6) is 5.75 Å². The number of anilines is 1. The molecule has 0 saturated carbocycles. The van der Waals surface area contributed by atoms with Gasteiger partial charge in [-0.1, -0.05) is 43.7 Å². The molecule has 1 fully saturated rings. The van der Waals surface area contributed by atoms with Gasteiger partial charge >= 0.3 is 0 Å². The van der Waals surface area contributed by atoms with Gasteiger partial charge in [0.15, 0.2) is 0 Å². The van der Waals surface area contributed by atoms with Gasteiger partial charge in [0.25, 0.3) is 0 Å². The third kappa shape index (κ3) is 4.32. The number of hydrogen-bond acceptors (Lipinski definition) is 3. The van der Waals surface area contributed by atoms with E-state index in [1.165, 1.54) is 5.56 Å². The van der Waals surface area contributed by atoms with Gasteiger partial charge in [0.2, 0.25) is 11.8 Å². The number of hydrogen-bond donors (Lipinski definition) is 0. The number of aryl methyl sites for hydroxylation is 1. The van der Waals surface area contributed by atoms with Crippen LogP contribution in [0.4, 0.5) is 5.69 Å². The van der Waals surface area contributed by atoms with Crippen molar-refractivity contribution in [3.05, 3.63) is 59.7 Å². The summed E-state index contributed by atoms with van der Waals surface area (Å²) in [4.78, 5) is 30.8. The molecule has 0 aliphatic carbocycles. The van der Waals surface area contributed by atoms with Crippen LogP contribution in [0, 0.1) is 5.92 Å². The van der Waals surface area contributed by atoms with Gasteiger partial charge in [0, 0.05) is 25.2 Å². The number of nitrogens with zero attached hydrogens (tertiary/aromatic N) is 2. The number of rotatable bonds is 6. The van der Waals surface area contributed by atoms with Gasteiger partial charge in [-0.15, -0.1) is 0 Å². The van der Waals surface area contributed by atoms with E-state index in [1.54, 1.807) is 7.11 Å². The quantitative estimate of drug-likeness (QED) is 0.677. The normalized spacial score (nSPS) is 21.0. The number of para-hydroxylation sites is 1. The van der Waals surface area contributed by atoms with Crippen LogP contribution in [0.3, 0.4) is 0 Å². The molecule has 2 heterocycles. The van der Waals surface area contributed by atoms with Crippen LogP contribution in [0.15, 0.2) is 48.5 Å². The first kappa shape index (κ1) is 21.4. The second-order valence-electron chi connectivity index (χ2n) is 8.53. The first-order valence-electron chi connectivity index (χ1n) is 11.5. The number of carbonyl (C=O) groups is 2. The van der Waals surface area contributed by atoms with Crippen molar-refractivity contribution < 1.29 is 14.3 Å². The molecule has 164 valence electrons. The van der Waals surface area contributed by atoms with E-state index in [9.17, 15) is 9.59 Å². The first-order valence-corrected chi connectivity index (χ1v) is 11.5. The number of methoxy groups -OCH3 is 1. The molecule has 0 radical (unpaired) electrons. The number of fused-ring (bicyclic) bond motifs is 1. The fourth-order valence-electron chi connectivity index (χ4n) is 4.98. The highest BCUT2D eigenvalue weighted by Crippen LogP contribution is 2.40. The highest BCUT2D eigenvalue weighted by Gasteiger charge is 2.42. The average molecular weight is 421 g/mol. The molecule has 1 saturated heterocycles. The van der Waals surface area contributed by atoms with E-state index < -0.39 is 0 Å². The van der Waals surface area contributed by atoms with Crippen molar-refractivity contribution in [2.24, 2.45) is 5.92 Å². The van der Waals surface area contributed by atoms with E-state index >= 15 is 0 Å². The molecule has 31 heavy (non-hydrogen) atoms. The third-order valence-corrected chi connectivity index (χ3v) is 6.61. The van der Waals surface area contributed by atoms with Crippen molar-refractivity contribution >= 4 is 17.5 Å². The number of ether oxygens (including phenoxy) is 1. The molecule has 4 rings (SSSR count). The maximum absolute atomic E-state index is 13.9. The standard InChI is InChI=1S/C26H32N2O3/c1-3-4-17-28-24(29)16-15-22(25(28)20-11-13-21(31-2)14-12-20)26(30)27-18-7-9-19-8-5-6-10-23(19)27/h5-6,8,10-14,22,25H,3-4,7,9,15-18H2,1-2H3/t22-,25-/m0/s1. The lowest BCUT2D eigenvalue weighted by molar-refractivity contribution is -0.142. The molecule has 0 unspecified atom stereocenters. The number of benzene rings is 2. The largest absolute Gasteiger partial charge is 0.497 e. The van der Waals surface area contributed by atoms with Gasteiger partial charge < -0.3 is 14.5 Å². The second kappa shape index (κ2) is 9.54. The topological polar surface area (TPSA) is 49.9 Å². The summed E-state index contributed by atoms with van der Waals surface area (Å²) in [6.45, 7) is 3.56. The lowest BCUT2D eigenvalue weighted by Gasteiger charge is -2.43. The van der Waals surface area contributed by atoms with Crippen LogP contribution in [-0.2, 0) is 16.0 Å². The van der Waals surface area contributed by atoms with Gasteiger partial charge in [-0.25, -0.2) is 0 Å². The maximum atomic E-state index is 13.9. The Bertz CT molecular complexity index is 925. The first-order chi connectivity index (χ1) is 15.1. The Morgan fingerprint density at radius 3 is 2.61 bits per heavy atom. The van der Waals surface area contributed by atoms with E-state index in [4.69, 9.17) is 4.74 Å². The fraction of sp³-hybridized carbons (Fsp3) is 0.462. The Balaban J connectivity index is 1.70. The van der Waals surface area contributed by atoms with Crippen molar-refractivity contribution in [2.75, 3.05) is 25.1 Å². The Kier molecular flexibility index (Phi) is 6.59. The zero-order valence-corrected chi connectivity index (χ0v) is 18.5. The maximum Gasteiger partial charge on any atom is 0.232 e. The highest BCUT2D eigenvalue weighted by molar-refractivity contribution is 5.97. The lowest BCUT2D eigenvalue weighted by atomic mass is 9.82. The van der Waals surface area contributed by atoms with Crippen LogP contribution < -0.4 is 9.64 Å². The summed E-state index contributed by atoms with van der Waals surface area (Å²) in [5, 5.41) is 0. The van der Waals surface area contributed by atoms with Crippen molar-refractivity contribution in [1.29, 1.82) is 0 Å². The van der Waals surface area contributed by atoms with Gasteiger partial charge in [-0.3, -0.25) is 9.59 Å². The molecule has 5 heteroatoms. The molecule has 2 aromatic carbocycles. The van der Waals surface area contributed by atoms with Crippen LogP contribution in [-0.4, -0.2) is 36.9 Å². The number of carbonyl (C=O) groups excluding carboxylic acids is 2. The van der Waals surface area contributed by atoms with Crippen LogP contribution >= 0.6 is 0 Å². The van der Waals surface area contributed by atoms with Crippen LogP contribution in [0.1, 0.15) is 56.2 Å². The summed E-state index contributed by atoms with van der Waals surface area (Å²) >= 11 is 0. The molecule has 2 aromatic rings. The van der Waals surface area contributed by atoms with Gasteiger partial charge in [-0.2, -0.15) is 0 Å². The summed E-state index contributed by atoms with van der Waals surface area (Å²) in [5.74, 6) is 0.826. The predicted octanol–water partition coefficient (Wildman–Crippen LogP) is 4.75. The predicted molar refractivity (Wildman–Crippen MR) is 122 cm³/mol. The van der Waals surface area contributed by atoms with E-state index in [2.05, 4.69) is 19.1 Å². The minimum Gasteiger partial charge on any atom is -0.497 e. The average Bonchev–Trinajstić information content (AvgIpc) is 2.82. The molecule has 2 amide bonds. The van der Waals surface area contributed by atoms with Crippen molar-refractivity contribution in [3.63, 3.8) is 0 Å². The van der Waals surface area contributed by atoms with Crippen molar-refractivity contribution in [3.8, 4) is 5.75 Å². The summed E-state index contributed by atoms with van der Waals surface area (Å²) in [6, 6.07) is 15.8. The third-order valence-electron chi connectivity index (χ3n) is 6.61. The Labute approximate surface area is 185 Å². The molecule has 0 spiro atoms. The van der Waals surface area contributed by atoms with Crippen LogP contribution in [0.2, 0.25) is 0 Å². The Hall–Kier alpha value is -2.82. The molecular weight excluding hydrogens is 388 g/mol. The minimum atomic E-state index is -0.242. The van der Waals surface area contributed by atoms with E-state index in [1.807, 2.05) is 46.2 Å². The van der Waals surface area contributed by atoms with E-state index in [0.717, 1.165) is 49.2 Å². The summed E-state index contributed by atoms with van der Waals surface area (Å²) in [7, 11) is 1.65. The van der Waals surface area contributed by atoms with E-state index in [-0.39, 0.29) is 23.8 Å². The number of piperidine rings is 1. The van der Waals surface area contributed by atoms with E-state index in [0.29, 0.717) is 19.4 Å². The molecule has 5 nitrogen and oxygen atoms in total. The SMILES string of the molecule is CCCCN1C(=O)CC[C@H](C(=O)N2CCCc3ccccc32)[C@@H]1c1ccc(OC)cc1. The molecule has 0 bridgehead atoms. The Morgan fingerprint density at radius 2 is 1.87 bits per heavy atom. The smallest absolute Gasteiger partial charge is 0.232 e. The molecule has 2 atom stereocenters. The van der Waals surface area contributed by atoms with Gasteiger partial charge in [-0.05, 0) is 55.0 Å². The zero-order valence-electron chi connectivity index (χ0n) is 18.5. The minimum absolute atomic E-state index is 0.141. The molecule has 0 N–H and O–H groups in total. The summed E-state index contributed by atoms with van der Waals surface area (Å²) in [6.07, 6.45) is 4.95.